The van der Waals surface area contributed by atoms with Crippen LogP contribution in [-0.4, -0.2) is 39.3 Å². The summed E-state index contributed by atoms with van der Waals surface area (Å²) in [6.45, 7) is 2.39. The van der Waals surface area contributed by atoms with Crippen molar-refractivity contribution < 1.29 is 14.6 Å². The number of anilines is 2. The molecule has 9 heteroatoms. The van der Waals surface area contributed by atoms with Crippen molar-refractivity contribution in [2.24, 2.45) is 0 Å². The van der Waals surface area contributed by atoms with Crippen LogP contribution in [-0.2, 0) is 0 Å². The van der Waals surface area contributed by atoms with Crippen LogP contribution in [0.25, 0.3) is 23.1 Å². The highest BCUT2D eigenvalue weighted by Gasteiger charge is 2.11. The molecule has 0 bridgehead atoms. The van der Waals surface area contributed by atoms with Gasteiger partial charge in [-0.05, 0) is 42.3 Å². The largest absolute Gasteiger partial charge is 0.490 e. The average Bonchev–Trinajstić information content (AvgIpc) is 3.33. The summed E-state index contributed by atoms with van der Waals surface area (Å²) in [7, 11) is 0. The molecule has 0 saturated heterocycles. The van der Waals surface area contributed by atoms with E-state index in [2.05, 4.69) is 31.7 Å². The van der Waals surface area contributed by atoms with E-state index in [-0.39, 0.29) is 13.2 Å². The number of hydrogen-bond acceptors (Lipinski definition) is 6. The summed E-state index contributed by atoms with van der Waals surface area (Å²) in [6.07, 6.45) is 11.0. The normalized spacial score (nSPS) is 10.8. The predicted octanol–water partition coefficient (Wildman–Crippen LogP) is 4.70. The van der Waals surface area contributed by atoms with E-state index < -0.39 is 6.09 Å². The number of hydrogen-bond donors (Lipinski definition) is 4. The third-order valence-electron chi connectivity index (χ3n) is 5.20. The minimum absolute atomic E-state index is 0.172. The van der Waals surface area contributed by atoms with Crippen molar-refractivity contribution in [2.45, 2.75) is 6.92 Å². The highest BCUT2D eigenvalue weighted by atomic mass is 16.5. The zero-order valence-corrected chi connectivity index (χ0v) is 18.4. The number of benzene rings is 1. The van der Waals surface area contributed by atoms with Gasteiger partial charge in [-0.1, -0.05) is 12.2 Å². The van der Waals surface area contributed by atoms with Gasteiger partial charge < -0.3 is 25.5 Å². The van der Waals surface area contributed by atoms with Crippen LogP contribution in [0.3, 0.4) is 0 Å². The third kappa shape index (κ3) is 5.14. The number of aryl methyl sites for hydroxylation is 1. The van der Waals surface area contributed by atoms with Gasteiger partial charge in [-0.15, -0.1) is 0 Å². The fourth-order valence-electron chi connectivity index (χ4n) is 3.50. The van der Waals surface area contributed by atoms with Crippen molar-refractivity contribution in [2.75, 3.05) is 18.5 Å². The van der Waals surface area contributed by atoms with Gasteiger partial charge in [-0.2, -0.15) is 5.26 Å². The predicted molar refractivity (Wildman–Crippen MR) is 130 cm³/mol. The van der Waals surface area contributed by atoms with Gasteiger partial charge in [0.25, 0.3) is 0 Å². The molecule has 9 nitrogen and oxygen atoms in total. The summed E-state index contributed by atoms with van der Waals surface area (Å²) >= 11 is 0. The molecule has 1 aromatic carbocycles. The van der Waals surface area contributed by atoms with Gasteiger partial charge in [0.1, 0.15) is 18.4 Å². The molecule has 0 radical (unpaired) electrons. The first-order valence-electron chi connectivity index (χ1n) is 10.5. The summed E-state index contributed by atoms with van der Waals surface area (Å²) in [4.78, 5) is 22.1. The van der Waals surface area contributed by atoms with Crippen molar-refractivity contribution >= 4 is 40.5 Å². The van der Waals surface area contributed by atoms with E-state index in [4.69, 9.17) is 9.84 Å². The number of aromatic amines is 1. The minimum Gasteiger partial charge on any atom is -0.490 e. The molecule has 0 fully saturated rings. The third-order valence-corrected chi connectivity index (χ3v) is 5.20. The molecule has 3 aromatic heterocycles. The number of H-pyrrole nitrogens is 1. The molecule has 3 heterocycles. The van der Waals surface area contributed by atoms with Crippen molar-refractivity contribution in [1.82, 2.24) is 20.3 Å². The maximum atomic E-state index is 10.5. The summed E-state index contributed by atoms with van der Waals surface area (Å²) < 4.78 is 5.54. The van der Waals surface area contributed by atoms with Crippen LogP contribution in [0, 0.1) is 18.3 Å². The molecular weight excluding hydrogens is 432 g/mol. The van der Waals surface area contributed by atoms with Gasteiger partial charge in [0, 0.05) is 46.9 Å². The van der Waals surface area contributed by atoms with Crippen molar-refractivity contribution in [3.63, 3.8) is 0 Å². The Labute approximate surface area is 195 Å². The second kappa shape index (κ2) is 10.2. The van der Waals surface area contributed by atoms with Crippen molar-refractivity contribution in [3.8, 4) is 11.8 Å². The van der Waals surface area contributed by atoms with Crippen LogP contribution in [0.2, 0.25) is 0 Å². The van der Waals surface area contributed by atoms with Gasteiger partial charge in [0.2, 0.25) is 0 Å². The van der Waals surface area contributed by atoms with Crippen LogP contribution in [0.1, 0.15) is 22.3 Å². The molecule has 34 heavy (non-hydrogen) atoms. The van der Waals surface area contributed by atoms with Crippen LogP contribution in [0.15, 0.2) is 55.2 Å². The summed E-state index contributed by atoms with van der Waals surface area (Å²) in [6, 6.07) is 10.00. The topological polar surface area (TPSA) is 136 Å². The minimum atomic E-state index is -1.10. The standard InChI is InChI=1S/C25H22N6O3/c1-16-21-6-7-29-23(21)5-4-22(16)31-24-18(13-28-14-19(24)11-26)3-2-17-10-20(15-27-12-17)34-9-8-30-25(32)33/h2-7,10,12-15,29-30H,8-9H2,1H3,(H,28,31)(H,32,33). The number of pyridine rings is 2. The number of fused-ring (bicyclic) bond motifs is 1. The summed E-state index contributed by atoms with van der Waals surface area (Å²) in [5.74, 6) is 0.520. The van der Waals surface area contributed by atoms with E-state index in [1.165, 1.54) is 6.20 Å². The Kier molecular flexibility index (Phi) is 6.70. The van der Waals surface area contributed by atoms with Crippen LogP contribution in [0.4, 0.5) is 16.2 Å². The zero-order valence-electron chi connectivity index (χ0n) is 18.4. The quantitative estimate of drug-likeness (QED) is 0.283. The molecule has 0 aliphatic carbocycles. The van der Waals surface area contributed by atoms with Crippen LogP contribution < -0.4 is 15.4 Å². The maximum absolute atomic E-state index is 10.5. The summed E-state index contributed by atoms with van der Waals surface area (Å²) in [5, 5.41) is 25.0. The van der Waals surface area contributed by atoms with E-state index >= 15 is 0 Å². The van der Waals surface area contributed by atoms with Gasteiger partial charge in [0.05, 0.1) is 24.0 Å². The van der Waals surface area contributed by atoms with Crippen molar-refractivity contribution in [1.29, 1.82) is 5.26 Å². The Morgan fingerprint density at radius 2 is 2.06 bits per heavy atom. The number of nitrogens with zero attached hydrogens (tertiary/aromatic N) is 3. The SMILES string of the molecule is Cc1c(Nc2c(C#N)cncc2C=Cc2cncc(OCCNC(=O)O)c2)ccc2[nH]ccc12. The number of nitrogens with one attached hydrogen (secondary N) is 3. The molecule has 0 atom stereocenters. The fraction of sp³-hybridized carbons (Fsp3) is 0.120. The van der Waals surface area contributed by atoms with Gasteiger partial charge in [-0.25, -0.2) is 4.79 Å². The van der Waals surface area contributed by atoms with E-state index in [0.717, 1.165) is 33.3 Å². The van der Waals surface area contributed by atoms with E-state index in [0.29, 0.717) is 17.0 Å². The molecular formula is C25H22N6O3. The lowest BCUT2D eigenvalue weighted by Crippen LogP contribution is -2.26. The smallest absolute Gasteiger partial charge is 0.404 e. The number of carbonyl (C=O) groups is 1. The van der Waals surface area contributed by atoms with Crippen molar-refractivity contribution in [3.05, 3.63) is 77.5 Å². The second-order valence-electron chi connectivity index (χ2n) is 7.43. The van der Waals surface area contributed by atoms with Gasteiger partial charge in [0.15, 0.2) is 0 Å². The highest BCUT2D eigenvalue weighted by molar-refractivity contribution is 5.90. The highest BCUT2D eigenvalue weighted by Crippen LogP contribution is 2.31. The molecule has 1 amide bonds. The molecule has 0 spiro atoms. The Morgan fingerprint density at radius 3 is 2.88 bits per heavy atom. The van der Waals surface area contributed by atoms with Gasteiger partial charge in [-0.3, -0.25) is 9.97 Å². The molecule has 4 rings (SSSR count). The number of aromatic nitrogens is 3. The Morgan fingerprint density at radius 1 is 1.21 bits per heavy atom. The van der Waals surface area contributed by atoms with Gasteiger partial charge >= 0.3 is 6.09 Å². The molecule has 4 aromatic rings. The number of carboxylic acid groups (broad SMARTS) is 1. The molecule has 0 aliphatic heterocycles. The van der Waals surface area contributed by atoms with Crippen LogP contribution >= 0.6 is 0 Å². The monoisotopic (exact) mass is 454 g/mol. The first-order valence-corrected chi connectivity index (χ1v) is 10.5. The molecule has 0 saturated carbocycles. The second-order valence-corrected chi connectivity index (χ2v) is 7.43. The first kappa shape index (κ1) is 22.4. The Hall–Kier alpha value is -4.84. The Balaban J connectivity index is 1.57. The zero-order chi connectivity index (χ0) is 23.9. The van der Waals surface area contributed by atoms with E-state index in [9.17, 15) is 10.1 Å². The lowest BCUT2D eigenvalue weighted by Gasteiger charge is -2.14. The van der Waals surface area contributed by atoms with E-state index in [1.807, 2.05) is 43.5 Å². The fourth-order valence-corrected chi connectivity index (χ4v) is 3.50. The first-order chi connectivity index (χ1) is 16.5. The Bertz CT molecular complexity index is 1400. The molecule has 0 aliphatic rings. The van der Waals surface area contributed by atoms with E-state index in [1.54, 1.807) is 24.7 Å². The molecule has 4 N–H and O–H groups in total. The number of amides is 1. The lowest BCUT2D eigenvalue weighted by molar-refractivity contribution is 0.191. The average molecular weight is 454 g/mol. The number of nitriles is 1. The molecule has 170 valence electrons. The van der Waals surface area contributed by atoms with Crippen LogP contribution in [0.5, 0.6) is 5.75 Å². The number of rotatable bonds is 8. The lowest BCUT2D eigenvalue weighted by atomic mass is 10.1. The maximum Gasteiger partial charge on any atom is 0.404 e. The summed E-state index contributed by atoms with van der Waals surface area (Å²) in [5.41, 5.74) is 5.62. The number of ether oxygens (including phenoxy) is 1. The molecule has 0 unspecified atom stereocenters.